The normalized spacial score (nSPS) is 10.9. The number of carbonyl (C=O) groups excluding carboxylic acids is 2. The van der Waals surface area contributed by atoms with Gasteiger partial charge in [-0.25, -0.2) is 4.79 Å². The van der Waals surface area contributed by atoms with Gasteiger partial charge >= 0.3 is 5.69 Å². The minimum atomic E-state index is -0.624. The standard InChI is InChI=1S/C28H36N4O6/c1-6-8-14-30(3)26(34)20-11-9-19(10-12-20)17-32-27(35)21-15-23(37-4)24(38-5)16-22(21)31(28(32)36)18-25(33)29-13-7-2/h9-12,15-16H,6-8,13-14,17-18H2,1-5H3,(H,29,33). The molecule has 0 atom stereocenters. The van der Waals surface area contributed by atoms with Gasteiger partial charge in [0.05, 0.1) is 31.7 Å². The molecule has 0 aliphatic heterocycles. The van der Waals surface area contributed by atoms with Crippen molar-refractivity contribution in [3.8, 4) is 11.5 Å². The predicted octanol–water partition coefficient (Wildman–Crippen LogP) is 2.63. The van der Waals surface area contributed by atoms with Gasteiger partial charge in [0.25, 0.3) is 11.5 Å². The van der Waals surface area contributed by atoms with Crippen molar-refractivity contribution in [2.75, 3.05) is 34.4 Å². The van der Waals surface area contributed by atoms with E-state index in [0.29, 0.717) is 35.7 Å². The van der Waals surface area contributed by atoms with Gasteiger partial charge in [-0.15, -0.1) is 0 Å². The Morgan fingerprint density at radius 2 is 1.61 bits per heavy atom. The fraction of sp³-hybridized carbons (Fsp3) is 0.429. The monoisotopic (exact) mass is 524 g/mol. The van der Waals surface area contributed by atoms with Gasteiger partial charge in [-0.2, -0.15) is 0 Å². The maximum absolute atomic E-state index is 13.5. The van der Waals surface area contributed by atoms with Crippen molar-refractivity contribution in [1.29, 1.82) is 0 Å². The zero-order valence-corrected chi connectivity index (χ0v) is 22.7. The third kappa shape index (κ3) is 6.24. The van der Waals surface area contributed by atoms with Crippen molar-refractivity contribution in [2.45, 2.75) is 46.2 Å². The van der Waals surface area contributed by atoms with Crippen LogP contribution in [-0.2, 0) is 17.9 Å². The average Bonchev–Trinajstić information content (AvgIpc) is 2.94. The van der Waals surface area contributed by atoms with E-state index >= 15 is 0 Å². The molecule has 0 radical (unpaired) electrons. The molecule has 0 bridgehead atoms. The number of aromatic nitrogens is 2. The van der Waals surface area contributed by atoms with Gasteiger partial charge in [0, 0.05) is 31.8 Å². The molecule has 2 aromatic carbocycles. The van der Waals surface area contributed by atoms with Crippen LogP contribution in [0, 0.1) is 0 Å². The zero-order valence-electron chi connectivity index (χ0n) is 22.7. The number of nitrogens with zero attached hydrogens (tertiary/aromatic N) is 3. The van der Waals surface area contributed by atoms with Crippen LogP contribution >= 0.6 is 0 Å². The summed E-state index contributed by atoms with van der Waals surface area (Å²) in [6.45, 7) is 4.85. The lowest BCUT2D eigenvalue weighted by atomic mass is 10.1. The maximum atomic E-state index is 13.5. The lowest BCUT2D eigenvalue weighted by Crippen LogP contribution is -2.43. The highest BCUT2D eigenvalue weighted by atomic mass is 16.5. The highest BCUT2D eigenvalue weighted by molar-refractivity contribution is 5.94. The number of methoxy groups -OCH3 is 2. The Morgan fingerprint density at radius 1 is 0.947 bits per heavy atom. The van der Waals surface area contributed by atoms with Crippen LogP contribution in [0.2, 0.25) is 0 Å². The molecular weight excluding hydrogens is 488 g/mol. The molecule has 0 fully saturated rings. The van der Waals surface area contributed by atoms with Crippen LogP contribution < -0.4 is 26.0 Å². The Balaban J connectivity index is 2.05. The second kappa shape index (κ2) is 12.9. The molecular formula is C28H36N4O6. The summed E-state index contributed by atoms with van der Waals surface area (Å²) in [6.07, 6.45) is 2.66. The van der Waals surface area contributed by atoms with Gasteiger partial charge < -0.3 is 19.7 Å². The number of benzene rings is 2. The van der Waals surface area contributed by atoms with Crippen LogP contribution in [0.25, 0.3) is 10.9 Å². The number of unbranched alkanes of at least 4 members (excludes halogenated alkanes) is 1. The first-order valence-corrected chi connectivity index (χ1v) is 12.8. The van der Waals surface area contributed by atoms with E-state index in [-0.39, 0.29) is 35.8 Å². The minimum Gasteiger partial charge on any atom is -0.493 e. The van der Waals surface area contributed by atoms with E-state index in [1.807, 2.05) is 6.92 Å². The Hall–Kier alpha value is -4.08. The number of ether oxygens (including phenoxy) is 2. The molecule has 1 aromatic heterocycles. The molecule has 1 heterocycles. The molecule has 0 aliphatic rings. The summed E-state index contributed by atoms with van der Waals surface area (Å²) >= 11 is 0. The van der Waals surface area contributed by atoms with Gasteiger partial charge in [-0.1, -0.05) is 32.4 Å². The highest BCUT2D eigenvalue weighted by Crippen LogP contribution is 2.30. The molecule has 0 unspecified atom stereocenters. The summed E-state index contributed by atoms with van der Waals surface area (Å²) in [7, 11) is 4.68. The number of hydrogen-bond donors (Lipinski definition) is 1. The van der Waals surface area contributed by atoms with E-state index in [2.05, 4.69) is 12.2 Å². The Labute approximate surface area is 221 Å². The molecule has 3 rings (SSSR count). The summed E-state index contributed by atoms with van der Waals surface area (Å²) in [5, 5.41) is 2.99. The smallest absolute Gasteiger partial charge is 0.332 e. The van der Waals surface area contributed by atoms with Crippen molar-refractivity contribution in [3.05, 3.63) is 68.4 Å². The Bertz CT molecular complexity index is 1410. The topological polar surface area (TPSA) is 112 Å². The number of fused-ring (bicyclic) bond motifs is 1. The van der Waals surface area contributed by atoms with Crippen LogP contribution in [0.3, 0.4) is 0 Å². The summed E-state index contributed by atoms with van der Waals surface area (Å²) < 4.78 is 13.1. The van der Waals surface area contributed by atoms with Crippen molar-refractivity contribution in [3.63, 3.8) is 0 Å². The first kappa shape index (κ1) is 28.5. The third-order valence-electron chi connectivity index (χ3n) is 6.34. The first-order chi connectivity index (χ1) is 18.2. The molecule has 10 heteroatoms. The second-order valence-corrected chi connectivity index (χ2v) is 9.11. The fourth-order valence-corrected chi connectivity index (χ4v) is 4.15. The average molecular weight is 525 g/mol. The first-order valence-electron chi connectivity index (χ1n) is 12.8. The van der Waals surface area contributed by atoms with Gasteiger partial charge in [0.15, 0.2) is 11.5 Å². The van der Waals surface area contributed by atoms with Crippen LogP contribution in [-0.4, -0.2) is 60.2 Å². The number of nitrogens with one attached hydrogen (secondary N) is 1. The molecule has 0 saturated heterocycles. The minimum absolute atomic E-state index is 0.0291. The molecule has 204 valence electrons. The molecule has 38 heavy (non-hydrogen) atoms. The van der Waals surface area contributed by atoms with E-state index in [4.69, 9.17) is 9.47 Å². The van der Waals surface area contributed by atoms with E-state index < -0.39 is 11.2 Å². The van der Waals surface area contributed by atoms with Crippen molar-refractivity contribution in [1.82, 2.24) is 19.4 Å². The van der Waals surface area contributed by atoms with Gasteiger partial charge in [0.1, 0.15) is 6.54 Å². The third-order valence-corrected chi connectivity index (χ3v) is 6.34. The van der Waals surface area contributed by atoms with E-state index in [1.165, 1.54) is 30.9 Å². The quantitative estimate of drug-likeness (QED) is 0.390. The summed E-state index contributed by atoms with van der Waals surface area (Å²) in [6, 6.07) is 9.88. The van der Waals surface area contributed by atoms with Crippen LogP contribution in [0.5, 0.6) is 11.5 Å². The van der Waals surface area contributed by atoms with Gasteiger partial charge in [-0.05, 0) is 36.6 Å². The molecule has 0 aliphatic carbocycles. The van der Waals surface area contributed by atoms with Gasteiger partial charge in [-0.3, -0.25) is 23.5 Å². The summed E-state index contributed by atoms with van der Waals surface area (Å²) in [5.74, 6) is 0.238. The lowest BCUT2D eigenvalue weighted by molar-refractivity contribution is -0.121. The Kier molecular flexibility index (Phi) is 9.70. The predicted molar refractivity (Wildman–Crippen MR) is 146 cm³/mol. The van der Waals surface area contributed by atoms with Crippen LogP contribution in [0.15, 0.2) is 46.0 Å². The number of amides is 2. The lowest BCUT2D eigenvalue weighted by Gasteiger charge is -2.17. The fourth-order valence-electron chi connectivity index (χ4n) is 4.15. The van der Waals surface area contributed by atoms with Crippen LogP contribution in [0.1, 0.15) is 49.0 Å². The summed E-state index contributed by atoms with van der Waals surface area (Å²) in [5.41, 5.74) is 0.326. The molecule has 2 amide bonds. The largest absolute Gasteiger partial charge is 0.493 e. The molecule has 10 nitrogen and oxygen atoms in total. The van der Waals surface area contributed by atoms with Crippen LogP contribution in [0.4, 0.5) is 0 Å². The van der Waals surface area contributed by atoms with E-state index in [9.17, 15) is 19.2 Å². The Morgan fingerprint density at radius 3 is 2.21 bits per heavy atom. The van der Waals surface area contributed by atoms with Crippen molar-refractivity contribution >= 4 is 22.7 Å². The highest BCUT2D eigenvalue weighted by Gasteiger charge is 2.19. The molecule has 0 spiro atoms. The zero-order chi connectivity index (χ0) is 27.8. The number of rotatable bonds is 12. The number of hydrogen-bond acceptors (Lipinski definition) is 6. The van der Waals surface area contributed by atoms with E-state index in [1.54, 1.807) is 36.2 Å². The van der Waals surface area contributed by atoms with Crippen molar-refractivity contribution < 1.29 is 19.1 Å². The molecule has 3 aromatic rings. The van der Waals surface area contributed by atoms with Gasteiger partial charge in [0.2, 0.25) is 5.91 Å². The number of carbonyl (C=O) groups is 2. The van der Waals surface area contributed by atoms with E-state index in [0.717, 1.165) is 23.8 Å². The maximum Gasteiger partial charge on any atom is 0.332 e. The molecule has 0 saturated carbocycles. The second-order valence-electron chi connectivity index (χ2n) is 9.11. The van der Waals surface area contributed by atoms with Crippen molar-refractivity contribution in [2.24, 2.45) is 0 Å². The molecule has 1 N–H and O–H groups in total. The summed E-state index contributed by atoms with van der Waals surface area (Å²) in [4.78, 5) is 54.0. The SMILES string of the molecule is CCCCN(C)C(=O)c1ccc(Cn2c(=O)c3cc(OC)c(OC)cc3n(CC(=O)NCCC)c2=O)cc1.